The summed E-state index contributed by atoms with van der Waals surface area (Å²) >= 11 is 0. The molecular weight excluding hydrogens is 328 g/mol. The predicted octanol–water partition coefficient (Wildman–Crippen LogP) is 4.86. The van der Waals surface area contributed by atoms with Gasteiger partial charge in [-0.1, -0.05) is 65.0 Å². The Morgan fingerprint density at radius 3 is 2.46 bits per heavy atom. The van der Waals surface area contributed by atoms with E-state index in [1.807, 2.05) is 35.2 Å². The molecule has 5 heteroatoms. The van der Waals surface area contributed by atoms with Crippen LogP contribution in [0.3, 0.4) is 0 Å². The predicted molar refractivity (Wildman–Crippen MR) is 104 cm³/mol. The number of amides is 1. The van der Waals surface area contributed by atoms with Crippen LogP contribution in [0, 0.1) is 11.3 Å². The van der Waals surface area contributed by atoms with E-state index >= 15 is 0 Å². The van der Waals surface area contributed by atoms with Crippen LogP contribution in [0.2, 0.25) is 0 Å². The van der Waals surface area contributed by atoms with Gasteiger partial charge in [0.2, 0.25) is 0 Å². The summed E-state index contributed by atoms with van der Waals surface area (Å²) < 4.78 is 11.1. The first-order valence-electron chi connectivity index (χ1n) is 9.32. The van der Waals surface area contributed by atoms with Gasteiger partial charge in [-0.15, -0.1) is 0 Å². The molecule has 0 aromatic heterocycles. The standard InChI is InChI=1S/C21H32N2O3/c1-15(2)12-17-13-18(25-6)22-19(21(3,4)5)23(17)20(24)26-14-16-10-8-7-9-11-16/h7-11,15,17,19H,12-14H2,1-6H3/t17-,19+/m0/s1. The molecule has 0 saturated carbocycles. The molecule has 0 bridgehead atoms. The molecule has 2 rings (SSSR count). The minimum absolute atomic E-state index is 0.0231. The number of benzene rings is 1. The van der Waals surface area contributed by atoms with Crippen LogP contribution < -0.4 is 0 Å². The van der Waals surface area contributed by atoms with Crippen molar-refractivity contribution in [1.29, 1.82) is 0 Å². The van der Waals surface area contributed by atoms with Gasteiger partial charge in [0.1, 0.15) is 12.8 Å². The second-order valence-electron chi connectivity index (χ2n) is 8.40. The molecule has 1 amide bonds. The Bertz CT molecular complexity index is 620. The molecule has 1 aromatic carbocycles. The highest BCUT2D eigenvalue weighted by Gasteiger charge is 2.42. The van der Waals surface area contributed by atoms with Crippen LogP contribution >= 0.6 is 0 Å². The van der Waals surface area contributed by atoms with Gasteiger partial charge in [-0.2, -0.15) is 0 Å². The van der Waals surface area contributed by atoms with E-state index in [0.29, 0.717) is 18.2 Å². The lowest BCUT2D eigenvalue weighted by Crippen LogP contribution is -2.55. The second-order valence-corrected chi connectivity index (χ2v) is 8.40. The van der Waals surface area contributed by atoms with Crippen molar-refractivity contribution in [2.75, 3.05) is 7.11 Å². The number of carbonyl (C=O) groups is 1. The van der Waals surface area contributed by atoms with Crippen LogP contribution in [0.5, 0.6) is 0 Å². The molecule has 0 fully saturated rings. The number of rotatable bonds is 4. The lowest BCUT2D eigenvalue weighted by atomic mass is 9.87. The number of hydrogen-bond donors (Lipinski definition) is 0. The maximum atomic E-state index is 13.0. The third kappa shape index (κ3) is 5.23. The van der Waals surface area contributed by atoms with Gasteiger partial charge in [0.05, 0.1) is 7.11 Å². The van der Waals surface area contributed by atoms with Crippen molar-refractivity contribution in [1.82, 2.24) is 4.90 Å². The molecule has 0 N–H and O–H groups in total. The Morgan fingerprint density at radius 1 is 1.27 bits per heavy atom. The first-order chi connectivity index (χ1) is 12.2. The van der Waals surface area contributed by atoms with Gasteiger partial charge < -0.3 is 9.47 Å². The summed E-state index contributed by atoms with van der Waals surface area (Å²) in [6, 6.07) is 9.77. The van der Waals surface area contributed by atoms with Gasteiger partial charge in [-0.05, 0) is 17.9 Å². The molecule has 0 unspecified atom stereocenters. The van der Waals surface area contributed by atoms with Gasteiger partial charge in [0, 0.05) is 17.9 Å². The van der Waals surface area contributed by atoms with E-state index < -0.39 is 0 Å². The Hall–Kier alpha value is -2.04. The average Bonchev–Trinajstić information content (AvgIpc) is 2.58. The van der Waals surface area contributed by atoms with E-state index in [9.17, 15) is 4.79 Å². The topological polar surface area (TPSA) is 51.1 Å². The van der Waals surface area contributed by atoms with Gasteiger partial charge in [0.15, 0.2) is 5.90 Å². The van der Waals surface area contributed by atoms with Crippen LogP contribution in [0.4, 0.5) is 4.79 Å². The minimum Gasteiger partial charge on any atom is -0.484 e. The van der Waals surface area contributed by atoms with Gasteiger partial charge in [-0.25, -0.2) is 9.79 Å². The molecule has 1 aromatic rings. The van der Waals surface area contributed by atoms with Crippen LogP contribution in [0.1, 0.15) is 53.0 Å². The van der Waals surface area contributed by atoms with Crippen molar-refractivity contribution in [2.24, 2.45) is 16.3 Å². The fourth-order valence-corrected chi connectivity index (χ4v) is 3.28. The quantitative estimate of drug-likeness (QED) is 0.770. The van der Waals surface area contributed by atoms with E-state index in [1.165, 1.54) is 0 Å². The number of aliphatic imine (C=N–C) groups is 1. The lowest BCUT2D eigenvalue weighted by Gasteiger charge is -2.44. The normalized spacial score (nSPS) is 20.7. The first-order valence-corrected chi connectivity index (χ1v) is 9.32. The summed E-state index contributed by atoms with van der Waals surface area (Å²) in [7, 11) is 1.65. The molecule has 0 aliphatic carbocycles. The molecule has 0 spiro atoms. The van der Waals surface area contributed by atoms with E-state index in [2.05, 4.69) is 34.6 Å². The number of methoxy groups -OCH3 is 1. The smallest absolute Gasteiger partial charge is 0.412 e. The zero-order valence-corrected chi connectivity index (χ0v) is 16.9. The maximum Gasteiger partial charge on any atom is 0.412 e. The lowest BCUT2D eigenvalue weighted by molar-refractivity contribution is 0.0207. The summed E-state index contributed by atoms with van der Waals surface area (Å²) in [6.07, 6.45) is 0.897. The average molecular weight is 360 g/mol. The molecular formula is C21H32N2O3. The van der Waals surface area contributed by atoms with E-state index in [0.717, 1.165) is 12.0 Å². The number of ether oxygens (including phenoxy) is 2. The third-order valence-corrected chi connectivity index (χ3v) is 4.50. The Kier molecular flexibility index (Phi) is 6.68. The Labute approximate surface area is 157 Å². The Morgan fingerprint density at radius 2 is 1.92 bits per heavy atom. The van der Waals surface area contributed by atoms with Crippen molar-refractivity contribution in [3.8, 4) is 0 Å². The molecule has 1 heterocycles. The third-order valence-electron chi connectivity index (χ3n) is 4.50. The molecule has 5 nitrogen and oxygen atoms in total. The van der Waals surface area contributed by atoms with Gasteiger partial charge in [0.25, 0.3) is 0 Å². The SMILES string of the molecule is COC1=N[C@@H](C(C)(C)C)N(C(=O)OCc2ccccc2)[C@@H](CC(C)C)C1. The molecule has 26 heavy (non-hydrogen) atoms. The van der Waals surface area contributed by atoms with Gasteiger partial charge >= 0.3 is 6.09 Å². The first kappa shape index (κ1) is 20.3. The van der Waals surface area contributed by atoms with Crippen LogP contribution in [0.25, 0.3) is 0 Å². The number of hydrogen-bond acceptors (Lipinski definition) is 4. The zero-order valence-electron chi connectivity index (χ0n) is 16.9. The van der Waals surface area contributed by atoms with E-state index in [-0.39, 0.29) is 30.3 Å². The van der Waals surface area contributed by atoms with E-state index in [1.54, 1.807) is 7.11 Å². The summed E-state index contributed by atoms with van der Waals surface area (Å²) in [5.41, 5.74) is 0.761. The minimum atomic E-state index is -0.307. The van der Waals surface area contributed by atoms with Crippen molar-refractivity contribution in [2.45, 2.75) is 66.3 Å². The van der Waals surface area contributed by atoms with Crippen LogP contribution in [-0.2, 0) is 16.1 Å². The van der Waals surface area contributed by atoms with E-state index in [4.69, 9.17) is 14.5 Å². The number of nitrogens with zero attached hydrogens (tertiary/aromatic N) is 2. The van der Waals surface area contributed by atoms with Crippen molar-refractivity contribution in [3.63, 3.8) is 0 Å². The highest BCUT2D eigenvalue weighted by atomic mass is 16.6. The summed E-state index contributed by atoms with van der Waals surface area (Å²) in [4.78, 5) is 19.5. The highest BCUT2D eigenvalue weighted by Crippen LogP contribution is 2.34. The Balaban J connectivity index is 2.24. The fraction of sp³-hybridized carbons (Fsp3) is 0.619. The summed E-state index contributed by atoms with van der Waals surface area (Å²) in [6.45, 7) is 10.9. The molecule has 0 radical (unpaired) electrons. The second kappa shape index (κ2) is 8.56. The van der Waals surface area contributed by atoms with Crippen molar-refractivity contribution < 1.29 is 14.3 Å². The fourth-order valence-electron chi connectivity index (χ4n) is 3.28. The largest absolute Gasteiger partial charge is 0.484 e. The molecule has 0 saturated heterocycles. The molecule has 1 aliphatic rings. The summed E-state index contributed by atoms with van der Waals surface area (Å²) in [5.74, 6) is 1.17. The maximum absolute atomic E-state index is 13.0. The van der Waals surface area contributed by atoms with Gasteiger partial charge in [-0.3, -0.25) is 4.90 Å². The molecule has 2 atom stereocenters. The molecule has 1 aliphatic heterocycles. The zero-order chi connectivity index (χ0) is 19.3. The molecule has 144 valence electrons. The highest BCUT2D eigenvalue weighted by molar-refractivity contribution is 5.80. The van der Waals surface area contributed by atoms with Crippen molar-refractivity contribution >= 4 is 12.0 Å². The van der Waals surface area contributed by atoms with Crippen LogP contribution in [-0.4, -0.2) is 36.2 Å². The van der Waals surface area contributed by atoms with Crippen LogP contribution in [0.15, 0.2) is 35.3 Å². The van der Waals surface area contributed by atoms with Crippen molar-refractivity contribution in [3.05, 3.63) is 35.9 Å². The number of carbonyl (C=O) groups excluding carboxylic acids is 1. The summed E-state index contributed by atoms with van der Waals surface area (Å²) in [5, 5.41) is 0. The monoisotopic (exact) mass is 360 g/mol.